The molecule has 3 N–H and O–H groups in total. The van der Waals surface area contributed by atoms with Gasteiger partial charge in [-0.15, -0.1) is 0 Å². The summed E-state index contributed by atoms with van der Waals surface area (Å²) in [7, 11) is 1.25. The maximum Gasteiger partial charge on any atom is 0.204 e. The molecule has 0 aliphatic heterocycles. The van der Waals surface area contributed by atoms with Crippen LogP contribution < -0.4 is 15.3 Å². The van der Waals surface area contributed by atoms with Crippen LogP contribution in [0.3, 0.4) is 0 Å². The second-order valence-corrected chi connectivity index (χ2v) is 4.79. The molecule has 0 amide bonds. The van der Waals surface area contributed by atoms with Crippen LogP contribution >= 0.6 is 0 Å². The molecule has 1 heterocycles. The number of fused-ring (bicyclic) bond motifs is 1. The first-order chi connectivity index (χ1) is 10.9. The first-order valence-electron chi connectivity index (χ1n) is 6.50. The van der Waals surface area contributed by atoms with Gasteiger partial charge in [0.25, 0.3) is 0 Å². The number of rotatable bonds is 2. The maximum absolute atomic E-state index is 12.3. The van der Waals surface area contributed by atoms with Gasteiger partial charge >= 0.3 is 0 Å². The highest BCUT2D eigenvalue weighted by Gasteiger charge is 2.20. The van der Waals surface area contributed by atoms with Gasteiger partial charge in [0.2, 0.25) is 5.75 Å². The molecule has 3 aromatic rings. The average molecular weight is 315 g/mol. The zero-order valence-electron chi connectivity index (χ0n) is 11.9. The third kappa shape index (κ3) is 2.18. The Bertz CT molecular complexity index is 955. The SMILES string of the molecule is COc1c(O)cc(O)c2c(=O)c([O-])c(-c3ccc(O)cc3)oc12. The summed E-state index contributed by atoms with van der Waals surface area (Å²) in [5.41, 5.74) is -0.959. The second-order valence-electron chi connectivity index (χ2n) is 4.79. The molecule has 0 aliphatic carbocycles. The standard InChI is InChI=1S/C16H12O7/c1-22-15-10(19)6-9(18)11-12(20)13(21)14(23-16(11)15)7-2-4-8(17)5-3-7/h2-6,17-19,21H,1H3/p-1. The minimum Gasteiger partial charge on any atom is -0.867 e. The smallest absolute Gasteiger partial charge is 0.204 e. The quantitative estimate of drug-likeness (QED) is 0.657. The Hall–Kier alpha value is -3.35. The van der Waals surface area contributed by atoms with Crippen molar-refractivity contribution in [1.29, 1.82) is 0 Å². The molecule has 0 aliphatic rings. The topological polar surface area (TPSA) is 123 Å². The molecular formula is C16H11O7-. The van der Waals surface area contributed by atoms with Crippen LogP contribution in [0.5, 0.6) is 28.7 Å². The van der Waals surface area contributed by atoms with Gasteiger partial charge in [-0.05, 0) is 30.0 Å². The summed E-state index contributed by atoms with van der Waals surface area (Å²) in [5, 5.41) is 40.8. The molecule has 0 fully saturated rings. The number of ether oxygens (including phenoxy) is 1. The highest BCUT2D eigenvalue weighted by Crippen LogP contribution is 2.41. The number of hydrogen-bond acceptors (Lipinski definition) is 7. The van der Waals surface area contributed by atoms with Crippen LogP contribution in [0.4, 0.5) is 0 Å². The van der Waals surface area contributed by atoms with E-state index < -0.39 is 22.7 Å². The van der Waals surface area contributed by atoms with Crippen molar-refractivity contribution in [2.75, 3.05) is 7.11 Å². The van der Waals surface area contributed by atoms with Gasteiger partial charge in [-0.1, -0.05) is 0 Å². The summed E-state index contributed by atoms with van der Waals surface area (Å²) < 4.78 is 10.4. The van der Waals surface area contributed by atoms with Crippen LogP contribution in [0.15, 0.2) is 39.5 Å². The summed E-state index contributed by atoms with van der Waals surface area (Å²) >= 11 is 0. The fourth-order valence-corrected chi connectivity index (χ4v) is 2.30. The monoisotopic (exact) mass is 315 g/mol. The van der Waals surface area contributed by atoms with E-state index in [1.165, 1.54) is 31.4 Å². The normalized spacial score (nSPS) is 10.8. The van der Waals surface area contributed by atoms with Crippen LogP contribution in [0, 0.1) is 0 Å². The lowest BCUT2D eigenvalue weighted by Gasteiger charge is -2.15. The van der Waals surface area contributed by atoms with Crippen molar-refractivity contribution in [3.8, 4) is 40.1 Å². The van der Waals surface area contributed by atoms with Gasteiger partial charge in [-0.25, -0.2) is 0 Å². The van der Waals surface area contributed by atoms with Crippen molar-refractivity contribution < 1.29 is 29.6 Å². The number of benzene rings is 2. The average Bonchev–Trinajstić information content (AvgIpc) is 2.51. The van der Waals surface area contributed by atoms with Crippen molar-refractivity contribution in [3.05, 3.63) is 40.6 Å². The van der Waals surface area contributed by atoms with Crippen LogP contribution in [-0.2, 0) is 0 Å². The molecule has 0 saturated carbocycles. The molecule has 7 heteroatoms. The zero-order valence-corrected chi connectivity index (χ0v) is 11.9. The van der Waals surface area contributed by atoms with E-state index in [0.717, 1.165) is 6.07 Å². The Balaban J connectivity index is 2.44. The predicted molar refractivity (Wildman–Crippen MR) is 78.9 cm³/mol. The van der Waals surface area contributed by atoms with E-state index in [2.05, 4.69) is 0 Å². The number of methoxy groups -OCH3 is 1. The third-order valence-electron chi connectivity index (χ3n) is 3.37. The second kappa shape index (κ2) is 5.13. The molecule has 0 saturated heterocycles. The summed E-state index contributed by atoms with van der Waals surface area (Å²) in [5.74, 6) is -2.44. The molecule has 118 valence electrons. The van der Waals surface area contributed by atoms with Crippen LogP contribution in [-0.4, -0.2) is 22.4 Å². The number of phenols is 3. The van der Waals surface area contributed by atoms with E-state index in [1.807, 2.05) is 0 Å². The largest absolute Gasteiger partial charge is 0.867 e. The fraction of sp³-hybridized carbons (Fsp3) is 0.0625. The number of aromatic hydroxyl groups is 3. The fourth-order valence-electron chi connectivity index (χ4n) is 2.30. The van der Waals surface area contributed by atoms with E-state index in [1.54, 1.807) is 0 Å². The van der Waals surface area contributed by atoms with E-state index >= 15 is 0 Å². The van der Waals surface area contributed by atoms with Gasteiger partial charge in [0.15, 0.2) is 16.8 Å². The molecule has 1 aromatic heterocycles. The van der Waals surface area contributed by atoms with Crippen molar-refractivity contribution in [1.82, 2.24) is 0 Å². The van der Waals surface area contributed by atoms with Crippen LogP contribution in [0.1, 0.15) is 0 Å². The van der Waals surface area contributed by atoms with Crippen molar-refractivity contribution in [3.63, 3.8) is 0 Å². The van der Waals surface area contributed by atoms with Crippen LogP contribution in [0.2, 0.25) is 0 Å². The Morgan fingerprint density at radius 1 is 1.09 bits per heavy atom. The van der Waals surface area contributed by atoms with Gasteiger partial charge in [0.05, 0.1) is 7.11 Å². The number of hydrogen-bond donors (Lipinski definition) is 3. The van der Waals surface area contributed by atoms with E-state index in [0.29, 0.717) is 0 Å². The summed E-state index contributed by atoms with van der Waals surface area (Å²) in [4.78, 5) is 12.3. The first-order valence-corrected chi connectivity index (χ1v) is 6.50. The Labute approximate surface area is 129 Å². The van der Waals surface area contributed by atoms with Crippen molar-refractivity contribution in [2.45, 2.75) is 0 Å². The van der Waals surface area contributed by atoms with Gasteiger partial charge in [-0.3, -0.25) is 4.79 Å². The molecule has 0 radical (unpaired) electrons. The minimum absolute atomic E-state index is 0.0165. The lowest BCUT2D eigenvalue weighted by molar-refractivity contribution is -0.270. The zero-order chi connectivity index (χ0) is 16.7. The van der Waals surface area contributed by atoms with Gasteiger partial charge in [0.1, 0.15) is 22.6 Å². The molecule has 0 unspecified atom stereocenters. The first kappa shape index (κ1) is 14.6. The van der Waals surface area contributed by atoms with Crippen molar-refractivity contribution in [2.24, 2.45) is 0 Å². The highest BCUT2D eigenvalue weighted by molar-refractivity contribution is 5.93. The summed E-state index contributed by atoms with van der Waals surface area (Å²) in [6.07, 6.45) is 0. The predicted octanol–water partition coefficient (Wildman–Crippen LogP) is 1.66. The minimum atomic E-state index is -0.981. The van der Waals surface area contributed by atoms with E-state index in [-0.39, 0.29) is 33.8 Å². The molecule has 0 atom stereocenters. The Kier molecular flexibility index (Phi) is 3.25. The van der Waals surface area contributed by atoms with E-state index in [4.69, 9.17) is 9.15 Å². The van der Waals surface area contributed by atoms with Crippen LogP contribution in [0.25, 0.3) is 22.3 Å². The van der Waals surface area contributed by atoms with Gasteiger partial charge in [-0.2, -0.15) is 0 Å². The number of phenolic OH excluding ortho intramolecular Hbond substituents is 3. The maximum atomic E-state index is 12.3. The van der Waals surface area contributed by atoms with Gasteiger partial charge < -0.3 is 29.6 Å². The Morgan fingerprint density at radius 2 is 1.74 bits per heavy atom. The third-order valence-corrected chi connectivity index (χ3v) is 3.37. The molecule has 0 bridgehead atoms. The molecule has 3 rings (SSSR count). The molecular weight excluding hydrogens is 304 g/mol. The molecule has 2 aromatic carbocycles. The summed E-state index contributed by atoms with van der Waals surface area (Å²) in [6.45, 7) is 0. The van der Waals surface area contributed by atoms with E-state index in [9.17, 15) is 25.2 Å². The lowest BCUT2D eigenvalue weighted by atomic mass is 10.1. The Morgan fingerprint density at radius 3 is 2.35 bits per heavy atom. The molecule has 7 nitrogen and oxygen atoms in total. The van der Waals surface area contributed by atoms with Crippen molar-refractivity contribution >= 4 is 11.0 Å². The van der Waals surface area contributed by atoms with Gasteiger partial charge in [0, 0.05) is 11.6 Å². The highest BCUT2D eigenvalue weighted by atomic mass is 16.5. The lowest BCUT2D eigenvalue weighted by Crippen LogP contribution is -2.12. The molecule has 0 spiro atoms. The molecule has 23 heavy (non-hydrogen) atoms. The summed E-state index contributed by atoms with van der Waals surface area (Å²) in [6, 6.07) is 6.36.